The molecule has 136 valence electrons. The molecule has 1 saturated carbocycles. The second kappa shape index (κ2) is 6.90. The van der Waals surface area contributed by atoms with Gasteiger partial charge in [-0.2, -0.15) is 0 Å². The summed E-state index contributed by atoms with van der Waals surface area (Å²) < 4.78 is 5.75. The van der Waals surface area contributed by atoms with Gasteiger partial charge in [0.15, 0.2) is 0 Å². The van der Waals surface area contributed by atoms with E-state index < -0.39 is 11.4 Å². The maximum absolute atomic E-state index is 12.4. The van der Waals surface area contributed by atoms with Crippen molar-refractivity contribution in [2.45, 2.75) is 64.6 Å². The third-order valence-corrected chi connectivity index (χ3v) is 6.21. The monoisotopic (exact) mass is 338 g/mol. The summed E-state index contributed by atoms with van der Waals surface area (Å²) in [4.78, 5) is 25.8. The first-order chi connectivity index (χ1) is 11.4. The molecule has 0 aromatic carbocycles. The number of carbonyl (C=O) groups is 2. The molecule has 2 saturated heterocycles. The smallest absolute Gasteiger partial charge is 0.317 e. The maximum atomic E-state index is 12.4. The summed E-state index contributed by atoms with van der Waals surface area (Å²) >= 11 is 0. The lowest BCUT2D eigenvalue weighted by Crippen LogP contribution is -2.42. The second-order valence-corrected chi connectivity index (χ2v) is 8.05. The van der Waals surface area contributed by atoms with Crippen LogP contribution in [0.1, 0.15) is 52.4 Å². The van der Waals surface area contributed by atoms with Crippen molar-refractivity contribution < 1.29 is 19.4 Å². The SMILES string of the molecule is CC1CC(CCNC(=O)N2C[C@@H]3CCC[C@@]3(C(=O)O)C2)CC(C)O1. The number of carboxylic acids is 1. The van der Waals surface area contributed by atoms with Gasteiger partial charge in [-0.25, -0.2) is 4.79 Å². The molecule has 2 unspecified atom stereocenters. The molecule has 2 aliphatic heterocycles. The molecule has 3 rings (SSSR count). The van der Waals surface area contributed by atoms with Gasteiger partial charge < -0.3 is 20.1 Å². The van der Waals surface area contributed by atoms with Crippen molar-refractivity contribution in [3.05, 3.63) is 0 Å². The molecule has 2 amide bonds. The number of hydrogen-bond acceptors (Lipinski definition) is 3. The van der Waals surface area contributed by atoms with Crippen LogP contribution in [0.5, 0.6) is 0 Å². The lowest BCUT2D eigenvalue weighted by molar-refractivity contribution is -0.149. The van der Waals surface area contributed by atoms with Crippen molar-refractivity contribution >= 4 is 12.0 Å². The van der Waals surface area contributed by atoms with Gasteiger partial charge in [0, 0.05) is 19.6 Å². The van der Waals surface area contributed by atoms with Crippen LogP contribution in [0.3, 0.4) is 0 Å². The van der Waals surface area contributed by atoms with E-state index in [4.69, 9.17) is 4.74 Å². The predicted molar refractivity (Wildman–Crippen MR) is 89.7 cm³/mol. The number of urea groups is 1. The minimum Gasteiger partial charge on any atom is -0.481 e. The molecule has 0 aromatic rings. The number of amides is 2. The average molecular weight is 338 g/mol. The van der Waals surface area contributed by atoms with Gasteiger partial charge in [0.05, 0.1) is 17.6 Å². The second-order valence-electron chi connectivity index (χ2n) is 8.05. The van der Waals surface area contributed by atoms with Gasteiger partial charge in [-0.05, 0) is 57.8 Å². The summed E-state index contributed by atoms with van der Waals surface area (Å²) in [6.45, 7) is 5.82. The van der Waals surface area contributed by atoms with Crippen molar-refractivity contribution in [2.75, 3.05) is 19.6 Å². The molecular weight excluding hydrogens is 308 g/mol. The van der Waals surface area contributed by atoms with Crippen LogP contribution in [-0.4, -0.2) is 53.8 Å². The number of aliphatic carboxylic acids is 1. The predicted octanol–water partition coefficient (Wildman–Crippen LogP) is 2.48. The molecule has 0 radical (unpaired) electrons. The molecule has 3 aliphatic rings. The van der Waals surface area contributed by atoms with Crippen LogP contribution < -0.4 is 5.32 Å². The number of carbonyl (C=O) groups excluding carboxylic acids is 1. The van der Waals surface area contributed by atoms with Crippen LogP contribution >= 0.6 is 0 Å². The van der Waals surface area contributed by atoms with Crippen molar-refractivity contribution in [3.8, 4) is 0 Å². The van der Waals surface area contributed by atoms with E-state index in [1.807, 2.05) is 0 Å². The van der Waals surface area contributed by atoms with Crippen molar-refractivity contribution in [2.24, 2.45) is 17.3 Å². The van der Waals surface area contributed by atoms with Crippen LogP contribution in [0.25, 0.3) is 0 Å². The number of fused-ring (bicyclic) bond motifs is 1. The molecule has 6 heteroatoms. The number of rotatable bonds is 4. The minimum atomic E-state index is -0.731. The first kappa shape index (κ1) is 17.5. The highest BCUT2D eigenvalue weighted by Gasteiger charge is 2.55. The molecular formula is C18H30N2O4. The lowest BCUT2D eigenvalue weighted by Gasteiger charge is -2.32. The van der Waals surface area contributed by atoms with E-state index in [2.05, 4.69) is 19.2 Å². The fourth-order valence-corrected chi connectivity index (χ4v) is 5.07. The lowest BCUT2D eigenvalue weighted by atomic mass is 9.81. The number of likely N-dealkylation sites (tertiary alicyclic amines) is 1. The quantitative estimate of drug-likeness (QED) is 0.825. The van der Waals surface area contributed by atoms with Crippen molar-refractivity contribution in [1.82, 2.24) is 10.2 Å². The topological polar surface area (TPSA) is 78.9 Å². The number of nitrogens with one attached hydrogen (secondary N) is 1. The van der Waals surface area contributed by atoms with E-state index in [0.717, 1.165) is 32.1 Å². The number of carboxylic acid groups (broad SMARTS) is 1. The summed E-state index contributed by atoms with van der Waals surface area (Å²) in [6, 6.07) is -0.0989. The molecule has 4 atom stereocenters. The van der Waals surface area contributed by atoms with Gasteiger partial charge in [0.25, 0.3) is 0 Å². The summed E-state index contributed by atoms with van der Waals surface area (Å²) in [5.41, 5.74) is -0.692. The summed E-state index contributed by atoms with van der Waals surface area (Å²) in [6.07, 6.45) is 6.24. The highest BCUT2D eigenvalue weighted by molar-refractivity contribution is 5.80. The van der Waals surface area contributed by atoms with E-state index in [1.165, 1.54) is 0 Å². The van der Waals surface area contributed by atoms with Crippen LogP contribution in [-0.2, 0) is 9.53 Å². The van der Waals surface area contributed by atoms with Gasteiger partial charge >= 0.3 is 12.0 Å². The Kier molecular flexibility index (Phi) is 5.04. The van der Waals surface area contributed by atoms with Gasteiger partial charge in [-0.15, -0.1) is 0 Å². The standard InChI is InChI=1S/C18H30N2O4/c1-12-8-14(9-13(2)24-12)5-7-19-17(23)20-10-15-4-3-6-18(15,11-20)16(21)22/h12-15H,3-11H2,1-2H3,(H,19,23)(H,21,22)/t12?,13?,14?,15-,18+/m0/s1. The Balaban J connectivity index is 1.46. The molecule has 2 heterocycles. The van der Waals surface area contributed by atoms with Gasteiger partial charge in [-0.3, -0.25) is 4.79 Å². The highest BCUT2D eigenvalue weighted by atomic mass is 16.5. The highest BCUT2D eigenvalue weighted by Crippen LogP contribution is 2.48. The molecule has 1 aliphatic carbocycles. The van der Waals surface area contributed by atoms with Gasteiger partial charge in [-0.1, -0.05) is 6.42 Å². The molecule has 3 fully saturated rings. The fraction of sp³-hybridized carbons (Fsp3) is 0.889. The first-order valence-corrected chi connectivity index (χ1v) is 9.32. The largest absolute Gasteiger partial charge is 0.481 e. The zero-order chi connectivity index (χ0) is 17.3. The summed E-state index contributed by atoms with van der Waals surface area (Å²) in [5.74, 6) is -0.0178. The Bertz CT molecular complexity index is 487. The molecule has 0 spiro atoms. The third kappa shape index (κ3) is 3.39. The van der Waals surface area contributed by atoms with E-state index in [0.29, 0.717) is 44.2 Å². The van der Waals surface area contributed by atoms with Crippen LogP contribution in [0.4, 0.5) is 4.79 Å². The Morgan fingerprint density at radius 2 is 2.00 bits per heavy atom. The number of nitrogens with zero attached hydrogens (tertiary/aromatic N) is 1. The van der Waals surface area contributed by atoms with E-state index in [-0.39, 0.29) is 11.9 Å². The van der Waals surface area contributed by atoms with E-state index >= 15 is 0 Å². The Hall–Kier alpha value is -1.30. The molecule has 0 aromatic heterocycles. The molecule has 6 nitrogen and oxygen atoms in total. The van der Waals surface area contributed by atoms with E-state index in [1.54, 1.807) is 4.90 Å². The van der Waals surface area contributed by atoms with Crippen molar-refractivity contribution in [1.29, 1.82) is 0 Å². The van der Waals surface area contributed by atoms with Gasteiger partial charge in [0.2, 0.25) is 0 Å². The van der Waals surface area contributed by atoms with Crippen LogP contribution in [0, 0.1) is 17.3 Å². The third-order valence-electron chi connectivity index (χ3n) is 6.21. The number of ether oxygens (including phenoxy) is 1. The number of hydrogen-bond donors (Lipinski definition) is 2. The fourth-order valence-electron chi connectivity index (χ4n) is 5.07. The summed E-state index contributed by atoms with van der Waals surface area (Å²) in [7, 11) is 0. The average Bonchev–Trinajstić information content (AvgIpc) is 3.03. The zero-order valence-corrected chi connectivity index (χ0v) is 14.8. The van der Waals surface area contributed by atoms with Gasteiger partial charge in [0.1, 0.15) is 0 Å². The molecule has 24 heavy (non-hydrogen) atoms. The van der Waals surface area contributed by atoms with Crippen molar-refractivity contribution in [3.63, 3.8) is 0 Å². The molecule has 0 bridgehead atoms. The first-order valence-electron chi connectivity index (χ1n) is 9.32. The Morgan fingerprint density at radius 3 is 2.62 bits per heavy atom. The molecule has 2 N–H and O–H groups in total. The van der Waals surface area contributed by atoms with E-state index in [9.17, 15) is 14.7 Å². The normalized spacial score (nSPS) is 38.8. The minimum absolute atomic E-state index is 0.0989. The van der Waals surface area contributed by atoms with Crippen LogP contribution in [0.15, 0.2) is 0 Å². The Morgan fingerprint density at radius 1 is 1.29 bits per heavy atom. The zero-order valence-electron chi connectivity index (χ0n) is 14.8. The summed E-state index contributed by atoms with van der Waals surface area (Å²) in [5, 5.41) is 12.6. The van der Waals surface area contributed by atoms with Crippen LogP contribution in [0.2, 0.25) is 0 Å². The maximum Gasteiger partial charge on any atom is 0.317 e. The Labute approximate surface area is 143 Å².